The molecule has 1 fully saturated rings. The van der Waals surface area contributed by atoms with Gasteiger partial charge in [-0.1, -0.05) is 12.1 Å². The lowest BCUT2D eigenvalue weighted by Gasteiger charge is -2.30. The number of furan rings is 1. The average molecular weight is 477 g/mol. The van der Waals surface area contributed by atoms with Crippen molar-refractivity contribution in [2.45, 2.75) is 13.8 Å². The zero-order valence-electron chi connectivity index (χ0n) is 18.4. The Balaban J connectivity index is 1.73. The molecule has 1 aromatic heterocycles. The highest BCUT2D eigenvalue weighted by Crippen LogP contribution is 2.35. The van der Waals surface area contributed by atoms with Gasteiger partial charge in [0, 0.05) is 12.1 Å². The summed E-state index contributed by atoms with van der Waals surface area (Å²) in [5, 5.41) is 13.7. The number of nitro benzene ring substituents is 1. The molecule has 2 amide bonds. The van der Waals surface area contributed by atoms with Crippen LogP contribution in [0, 0.1) is 24.0 Å². The Morgan fingerprint density at radius 1 is 1.15 bits per heavy atom. The number of non-ortho nitro benzene ring substituents is 1. The number of nitrogens with one attached hydrogen (secondary N) is 1. The van der Waals surface area contributed by atoms with Crippen LogP contribution in [-0.2, 0) is 9.59 Å². The summed E-state index contributed by atoms with van der Waals surface area (Å²) in [4.78, 5) is 37.8. The van der Waals surface area contributed by atoms with Crippen molar-refractivity contribution in [2.75, 3.05) is 12.0 Å². The summed E-state index contributed by atoms with van der Waals surface area (Å²) in [6.45, 7) is 3.78. The maximum absolute atomic E-state index is 13.3. The lowest BCUT2D eigenvalue weighted by molar-refractivity contribution is -0.384. The van der Waals surface area contributed by atoms with Gasteiger partial charge >= 0.3 is 0 Å². The smallest absolute Gasteiger partial charge is 0.270 e. The zero-order valence-corrected chi connectivity index (χ0v) is 19.3. The molecule has 2 aromatic carbocycles. The van der Waals surface area contributed by atoms with Crippen molar-refractivity contribution in [3.63, 3.8) is 0 Å². The number of nitro groups is 1. The molecular formula is C24H19N3O6S. The minimum atomic E-state index is -0.651. The van der Waals surface area contributed by atoms with Gasteiger partial charge in [-0.15, -0.1) is 0 Å². The van der Waals surface area contributed by atoms with Gasteiger partial charge in [0.1, 0.15) is 22.8 Å². The van der Waals surface area contributed by atoms with Gasteiger partial charge in [0.25, 0.3) is 17.5 Å². The van der Waals surface area contributed by atoms with Crippen molar-refractivity contribution in [1.82, 2.24) is 5.32 Å². The minimum Gasteiger partial charge on any atom is -0.496 e. The molecule has 3 aromatic rings. The predicted octanol–water partition coefficient (Wildman–Crippen LogP) is 4.31. The van der Waals surface area contributed by atoms with E-state index in [2.05, 4.69) is 5.32 Å². The molecule has 0 radical (unpaired) electrons. The molecule has 10 heteroatoms. The topological polar surface area (TPSA) is 115 Å². The van der Waals surface area contributed by atoms with Crippen LogP contribution in [0.2, 0.25) is 0 Å². The quantitative estimate of drug-likeness (QED) is 0.191. The number of nitrogens with zero attached hydrogens (tertiary/aromatic N) is 2. The van der Waals surface area contributed by atoms with Gasteiger partial charge in [0.15, 0.2) is 5.11 Å². The van der Waals surface area contributed by atoms with Crippen LogP contribution in [-0.4, -0.2) is 29.0 Å². The summed E-state index contributed by atoms with van der Waals surface area (Å²) >= 11 is 5.27. The molecule has 9 nitrogen and oxygen atoms in total. The predicted molar refractivity (Wildman–Crippen MR) is 129 cm³/mol. The zero-order chi connectivity index (χ0) is 24.6. The molecule has 1 saturated heterocycles. The van der Waals surface area contributed by atoms with Crippen LogP contribution in [0.25, 0.3) is 17.4 Å². The minimum absolute atomic E-state index is 0.0117. The molecular weight excluding hydrogens is 458 g/mol. The summed E-state index contributed by atoms with van der Waals surface area (Å²) in [5.41, 5.74) is 2.46. The monoisotopic (exact) mass is 477 g/mol. The van der Waals surface area contributed by atoms with E-state index in [1.807, 2.05) is 19.9 Å². The maximum Gasteiger partial charge on any atom is 0.270 e. The molecule has 1 aliphatic rings. The first-order valence-corrected chi connectivity index (χ1v) is 10.5. The van der Waals surface area contributed by atoms with E-state index >= 15 is 0 Å². The molecule has 0 bridgehead atoms. The molecule has 1 N–H and O–H groups in total. The Labute approximate surface area is 199 Å². The van der Waals surface area contributed by atoms with Crippen molar-refractivity contribution in [1.29, 1.82) is 0 Å². The van der Waals surface area contributed by atoms with Gasteiger partial charge < -0.3 is 9.15 Å². The molecule has 172 valence electrons. The SMILES string of the molecule is COc1ccc([N+](=O)[O-])cc1-c1ccc(/C=C2\C(=O)NC(=S)N(c3cccc(C)c3C)C2=O)o1. The van der Waals surface area contributed by atoms with Crippen molar-refractivity contribution >= 4 is 46.6 Å². The third-order valence-electron chi connectivity index (χ3n) is 5.49. The maximum atomic E-state index is 13.3. The van der Waals surface area contributed by atoms with Crippen LogP contribution in [0.4, 0.5) is 11.4 Å². The van der Waals surface area contributed by atoms with E-state index < -0.39 is 16.7 Å². The van der Waals surface area contributed by atoms with Crippen LogP contribution in [0.1, 0.15) is 16.9 Å². The number of thiocarbonyl (C=S) groups is 1. The van der Waals surface area contributed by atoms with Crippen LogP contribution in [0.3, 0.4) is 0 Å². The summed E-state index contributed by atoms with van der Waals surface area (Å²) in [6, 6.07) is 12.7. The van der Waals surface area contributed by atoms with Gasteiger partial charge in [0.2, 0.25) is 0 Å². The van der Waals surface area contributed by atoms with Crippen molar-refractivity contribution < 1.29 is 23.7 Å². The fraction of sp³-hybridized carbons (Fsp3) is 0.125. The largest absolute Gasteiger partial charge is 0.496 e. The Hall–Kier alpha value is -4.31. The number of carbonyl (C=O) groups excluding carboxylic acids is 2. The van der Waals surface area contributed by atoms with Gasteiger partial charge in [-0.2, -0.15) is 0 Å². The second kappa shape index (κ2) is 8.91. The van der Waals surface area contributed by atoms with E-state index in [0.29, 0.717) is 17.0 Å². The highest BCUT2D eigenvalue weighted by atomic mass is 32.1. The lowest BCUT2D eigenvalue weighted by atomic mass is 10.0. The number of hydrogen-bond donors (Lipinski definition) is 1. The summed E-state index contributed by atoms with van der Waals surface area (Å²) in [6.07, 6.45) is 1.31. The Kier molecular flexibility index (Phi) is 5.99. The van der Waals surface area contributed by atoms with Crippen molar-refractivity contribution in [2.24, 2.45) is 0 Å². The number of amides is 2. The molecule has 0 saturated carbocycles. The molecule has 2 heterocycles. The van der Waals surface area contributed by atoms with Crippen LogP contribution in [0.15, 0.2) is 58.5 Å². The first-order chi connectivity index (χ1) is 16.2. The molecule has 0 atom stereocenters. The van der Waals surface area contributed by atoms with E-state index in [0.717, 1.165) is 11.1 Å². The normalized spacial score (nSPS) is 15.0. The number of methoxy groups -OCH3 is 1. The Bertz CT molecular complexity index is 1390. The third kappa shape index (κ3) is 4.06. The van der Waals surface area contributed by atoms with E-state index in [4.69, 9.17) is 21.4 Å². The summed E-state index contributed by atoms with van der Waals surface area (Å²) < 4.78 is 11.1. The number of rotatable bonds is 5. The van der Waals surface area contributed by atoms with E-state index in [-0.39, 0.29) is 27.9 Å². The number of anilines is 1. The highest BCUT2D eigenvalue weighted by Gasteiger charge is 2.35. The van der Waals surface area contributed by atoms with Crippen molar-refractivity contribution in [3.8, 4) is 17.1 Å². The number of carbonyl (C=O) groups is 2. The molecule has 0 aliphatic carbocycles. The van der Waals surface area contributed by atoms with Gasteiger partial charge in [-0.25, -0.2) is 0 Å². The second-order valence-corrected chi connectivity index (χ2v) is 7.91. The fourth-order valence-corrected chi connectivity index (χ4v) is 3.85. The molecule has 0 spiro atoms. The highest BCUT2D eigenvalue weighted by molar-refractivity contribution is 7.80. The van der Waals surface area contributed by atoms with Gasteiger partial charge in [0.05, 0.1) is 23.3 Å². The first-order valence-electron chi connectivity index (χ1n) is 10.1. The van der Waals surface area contributed by atoms with E-state index in [1.165, 1.54) is 36.3 Å². The Morgan fingerprint density at radius 3 is 2.62 bits per heavy atom. The molecule has 34 heavy (non-hydrogen) atoms. The second-order valence-electron chi connectivity index (χ2n) is 7.52. The fourth-order valence-electron chi connectivity index (χ4n) is 3.57. The van der Waals surface area contributed by atoms with Crippen molar-refractivity contribution in [3.05, 3.63) is 81.1 Å². The lowest BCUT2D eigenvalue weighted by Crippen LogP contribution is -2.54. The molecule has 4 rings (SSSR count). The number of aryl methyl sites for hydroxylation is 1. The molecule has 1 aliphatic heterocycles. The van der Waals surface area contributed by atoms with Crippen LogP contribution < -0.4 is 15.0 Å². The third-order valence-corrected chi connectivity index (χ3v) is 5.78. The number of benzene rings is 2. The number of hydrogen-bond acceptors (Lipinski definition) is 7. The first kappa shape index (κ1) is 22.9. The summed E-state index contributed by atoms with van der Waals surface area (Å²) in [5.74, 6) is -0.387. The van der Waals surface area contributed by atoms with E-state index in [9.17, 15) is 19.7 Å². The average Bonchev–Trinajstić information content (AvgIpc) is 3.27. The summed E-state index contributed by atoms with van der Waals surface area (Å²) in [7, 11) is 1.44. The van der Waals surface area contributed by atoms with Crippen LogP contribution in [0.5, 0.6) is 5.75 Å². The Morgan fingerprint density at radius 2 is 1.91 bits per heavy atom. The number of ether oxygens (including phenoxy) is 1. The van der Waals surface area contributed by atoms with Gasteiger partial charge in [-0.05, 0) is 67.5 Å². The van der Waals surface area contributed by atoms with Gasteiger partial charge in [-0.3, -0.25) is 29.9 Å². The molecule has 0 unspecified atom stereocenters. The van der Waals surface area contributed by atoms with Crippen LogP contribution >= 0.6 is 12.2 Å². The van der Waals surface area contributed by atoms with E-state index in [1.54, 1.807) is 24.3 Å². The standard InChI is InChI=1S/C24H19N3O6S/c1-13-5-4-6-19(14(13)2)26-23(29)18(22(28)25-24(26)34)12-16-8-10-21(33-16)17-11-15(27(30)31)7-9-20(17)32-3/h4-12H,1-3H3,(H,25,28,34)/b18-12+.